The number of rotatable bonds is 4. The lowest BCUT2D eigenvalue weighted by Crippen LogP contribution is -2.36. The van der Waals surface area contributed by atoms with Crippen LogP contribution in [0.3, 0.4) is 0 Å². The largest absolute Gasteiger partial charge is 0.326 e. The van der Waals surface area contributed by atoms with Gasteiger partial charge in [0.1, 0.15) is 5.82 Å². The second-order valence-electron chi connectivity index (χ2n) is 6.61. The van der Waals surface area contributed by atoms with Gasteiger partial charge in [0.25, 0.3) is 5.56 Å². The first-order valence-corrected chi connectivity index (χ1v) is 9.68. The fourth-order valence-electron chi connectivity index (χ4n) is 3.12. The van der Waals surface area contributed by atoms with Crippen LogP contribution in [0, 0.1) is 0 Å². The van der Waals surface area contributed by atoms with Crippen LogP contribution < -0.4 is 21.5 Å². The van der Waals surface area contributed by atoms with Crippen LogP contribution >= 0.6 is 23.2 Å². The number of benzene rings is 2. The number of fused-ring (bicyclic) bond motifs is 1. The van der Waals surface area contributed by atoms with Crippen LogP contribution in [0.15, 0.2) is 53.3 Å². The van der Waals surface area contributed by atoms with Crippen molar-refractivity contribution in [2.75, 3.05) is 16.0 Å². The summed E-state index contributed by atoms with van der Waals surface area (Å²) in [5.41, 5.74) is 0.670. The van der Waals surface area contributed by atoms with E-state index in [2.05, 4.69) is 25.9 Å². The number of H-pyrrole nitrogens is 1. The summed E-state index contributed by atoms with van der Waals surface area (Å²) in [4.78, 5) is 44.6. The molecule has 0 aliphatic carbocycles. The number of hydrogen-bond acceptors (Lipinski definition) is 5. The molecule has 0 unspecified atom stereocenters. The molecule has 10 heteroatoms. The standard InChI is InChI=1S/C20H15Cl2N5O3/c21-10-4-6-12(7-5-10)23-18(29)14-9-15(28)25-17-16(14)19(30)27-20(26-17)24-13-3-1-2-11(22)8-13/h1-8,14H,9H2,(H,23,29)(H3,24,25,26,27,28,30)/t14-/m1/s1. The van der Waals surface area contributed by atoms with Crippen molar-refractivity contribution < 1.29 is 9.59 Å². The van der Waals surface area contributed by atoms with Gasteiger partial charge in [0.05, 0.1) is 11.5 Å². The fourth-order valence-corrected chi connectivity index (χ4v) is 3.44. The molecule has 8 nitrogen and oxygen atoms in total. The van der Waals surface area contributed by atoms with E-state index in [0.29, 0.717) is 21.4 Å². The van der Waals surface area contributed by atoms with Crippen LogP contribution in [0.1, 0.15) is 17.9 Å². The maximum atomic E-state index is 12.8. The van der Waals surface area contributed by atoms with Gasteiger partial charge < -0.3 is 16.0 Å². The van der Waals surface area contributed by atoms with E-state index >= 15 is 0 Å². The highest BCUT2D eigenvalue weighted by Gasteiger charge is 2.34. The molecule has 0 bridgehead atoms. The average molecular weight is 444 g/mol. The van der Waals surface area contributed by atoms with E-state index in [1.165, 1.54) is 0 Å². The highest BCUT2D eigenvalue weighted by atomic mass is 35.5. The number of hydrogen-bond donors (Lipinski definition) is 4. The molecule has 2 aromatic carbocycles. The number of anilines is 4. The highest BCUT2D eigenvalue weighted by Crippen LogP contribution is 2.30. The molecule has 0 saturated carbocycles. The second-order valence-corrected chi connectivity index (χ2v) is 7.49. The van der Waals surface area contributed by atoms with Gasteiger partial charge in [0, 0.05) is 27.8 Å². The second kappa shape index (κ2) is 8.17. The highest BCUT2D eigenvalue weighted by molar-refractivity contribution is 6.31. The van der Waals surface area contributed by atoms with Gasteiger partial charge in [-0.2, -0.15) is 4.98 Å². The van der Waals surface area contributed by atoms with E-state index in [0.717, 1.165) is 0 Å². The fraction of sp³-hybridized carbons (Fsp3) is 0.100. The van der Waals surface area contributed by atoms with Gasteiger partial charge in [0.2, 0.25) is 17.8 Å². The number of nitrogens with zero attached hydrogens (tertiary/aromatic N) is 1. The van der Waals surface area contributed by atoms with E-state index < -0.39 is 23.3 Å². The Balaban J connectivity index is 1.63. The molecular formula is C20H15Cl2N5O3. The van der Waals surface area contributed by atoms with Gasteiger partial charge in [-0.25, -0.2) is 0 Å². The molecular weight excluding hydrogens is 429 g/mol. The van der Waals surface area contributed by atoms with Crippen molar-refractivity contribution in [2.45, 2.75) is 12.3 Å². The minimum Gasteiger partial charge on any atom is -0.326 e. The molecule has 30 heavy (non-hydrogen) atoms. The van der Waals surface area contributed by atoms with Crippen LogP contribution in [0.2, 0.25) is 10.0 Å². The van der Waals surface area contributed by atoms with Gasteiger partial charge in [-0.1, -0.05) is 29.3 Å². The zero-order valence-electron chi connectivity index (χ0n) is 15.3. The first-order chi connectivity index (χ1) is 14.4. The van der Waals surface area contributed by atoms with Crippen molar-refractivity contribution in [1.29, 1.82) is 0 Å². The van der Waals surface area contributed by atoms with Crippen molar-refractivity contribution in [1.82, 2.24) is 9.97 Å². The Morgan fingerprint density at radius 1 is 1.03 bits per heavy atom. The summed E-state index contributed by atoms with van der Waals surface area (Å²) >= 11 is 11.8. The van der Waals surface area contributed by atoms with E-state index in [9.17, 15) is 14.4 Å². The lowest BCUT2D eigenvalue weighted by atomic mass is 9.92. The summed E-state index contributed by atoms with van der Waals surface area (Å²) in [6, 6.07) is 13.4. The Kier molecular flexibility index (Phi) is 5.43. The molecule has 1 aliphatic heterocycles. The van der Waals surface area contributed by atoms with E-state index in [4.69, 9.17) is 23.2 Å². The zero-order valence-corrected chi connectivity index (χ0v) is 16.8. The third-order valence-corrected chi connectivity index (χ3v) is 4.95. The molecule has 0 fully saturated rings. The molecule has 3 aromatic rings. The third kappa shape index (κ3) is 4.29. The minimum absolute atomic E-state index is 0.0378. The summed E-state index contributed by atoms with van der Waals surface area (Å²) in [6.45, 7) is 0. The zero-order chi connectivity index (χ0) is 21.3. The number of amides is 2. The van der Waals surface area contributed by atoms with Crippen LogP contribution in [0.5, 0.6) is 0 Å². The SMILES string of the molecule is O=C1C[C@@H](C(=O)Nc2ccc(Cl)cc2)c2c(nc(Nc3cccc(Cl)c3)[nH]c2=O)N1. The summed E-state index contributed by atoms with van der Waals surface area (Å²) in [5, 5.41) is 9.22. The molecule has 4 N–H and O–H groups in total. The summed E-state index contributed by atoms with van der Waals surface area (Å²) in [7, 11) is 0. The Hall–Kier alpha value is -3.36. The topological polar surface area (TPSA) is 116 Å². The van der Waals surface area contributed by atoms with Crippen molar-refractivity contribution in [2.24, 2.45) is 0 Å². The molecule has 0 saturated heterocycles. The Morgan fingerprint density at radius 3 is 2.53 bits per heavy atom. The van der Waals surface area contributed by atoms with Crippen LogP contribution in [0.4, 0.5) is 23.1 Å². The predicted octanol–water partition coefficient (Wildman–Crippen LogP) is 3.88. The average Bonchev–Trinajstić information content (AvgIpc) is 2.68. The number of aromatic nitrogens is 2. The van der Waals surface area contributed by atoms with Gasteiger partial charge in [0.15, 0.2) is 0 Å². The van der Waals surface area contributed by atoms with Gasteiger partial charge in [-0.15, -0.1) is 0 Å². The number of carbonyl (C=O) groups excluding carboxylic acids is 2. The molecule has 1 aliphatic rings. The molecule has 2 amide bonds. The minimum atomic E-state index is -0.985. The summed E-state index contributed by atoms with van der Waals surface area (Å²) < 4.78 is 0. The van der Waals surface area contributed by atoms with Crippen LogP contribution in [-0.4, -0.2) is 21.8 Å². The van der Waals surface area contributed by atoms with Gasteiger partial charge in [-0.3, -0.25) is 19.4 Å². The lowest BCUT2D eigenvalue weighted by molar-refractivity contribution is -0.123. The number of carbonyl (C=O) groups is 2. The van der Waals surface area contributed by atoms with Crippen molar-refractivity contribution in [3.63, 3.8) is 0 Å². The molecule has 2 heterocycles. The number of aromatic amines is 1. The van der Waals surface area contributed by atoms with Crippen molar-refractivity contribution in [3.05, 3.63) is 74.5 Å². The smallest absolute Gasteiger partial charge is 0.258 e. The van der Waals surface area contributed by atoms with E-state index in [-0.39, 0.29) is 23.8 Å². The Morgan fingerprint density at radius 2 is 1.80 bits per heavy atom. The molecule has 1 atom stereocenters. The Labute approximate surface area is 180 Å². The lowest BCUT2D eigenvalue weighted by Gasteiger charge is -2.23. The van der Waals surface area contributed by atoms with Crippen LogP contribution in [0.25, 0.3) is 0 Å². The number of halogens is 2. The third-order valence-electron chi connectivity index (χ3n) is 4.47. The van der Waals surface area contributed by atoms with Gasteiger partial charge in [-0.05, 0) is 42.5 Å². The van der Waals surface area contributed by atoms with Gasteiger partial charge >= 0.3 is 0 Å². The first kappa shape index (κ1) is 19.9. The monoisotopic (exact) mass is 443 g/mol. The van der Waals surface area contributed by atoms with E-state index in [1.54, 1.807) is 48.5 Å². The molecule has 4 rings (SSSR count). The Bertz CT molecular complexity index is 1190. The molecule has 0 spiro atoms. The van der Waals surface area contributed by atoms with E-state index in [1.807, 2.05) is 0 Å². The maximum absolute atomic E-state index is 12.8. The van der Waals surface area contributed by atoms with Crippen LogP contribution in [-0.2, 0) is 9.59 Å². The normalized spacial score (nSPS) is 15.1. The molecule has 1 aromatic heterocycles. The predicted molar refractivity (Wildman–Crippen MR) is 116 cm³/mol. The molecule has 152 valence electrons. The quantitative estimate of drug-likeness (QED) is 0.488. The number of nitrogens with one attached hydrogen (secondary N) is 4. The van der Waals surface area contributed by atoms with Crippen molar-refractivity contribution >= 4 is 58.2 Å². The summed E-state index contributed by atoms with van der Waals surface area (Å²) in [5.74, 6) is -1.74. The van der Waals surface area contributed by atoms with Crippen molar-refractivity contribution in [3.8, 4) is 0 Å². The first-order valence-electron chi connectivity index (χ1n) is 8.92. The summed E-state index contributed by atoms with van der Waals surface area (Å²) in [6.07, 6.45) is -0.168. The molecule has 0 radical (unpaired) electrons. The maximum Gasteiger partial charge on any atom is 0.258 e.